The molecule has 0 fully saturated rings. The molecule has 0 atom stereocenters. The van der Waals surface area contributed by atoms with Crippen molar-refractivity contribution in [1.29, 1.82) is 0 Å². The molecule has 7 heteroatoms. The normalized spacial score (nSPS) is 14.3. The fourth-order valence-electron chi connectivity index (χ4n) is 3.07. The maximum Gasteiger partial charge on any atom is 0.238 e. The third kappa shape index (κ3) is 4.28. The van der Waals surface area contributed by atoms with Gasteiger partial charge in [-0.25, -0.2) is 12.8 Å². The summed E-state index contributed by atoms with van der Waals surface area (Å²) in [6, 6.07) is 13.9. The smallest absolute Gasteiger partial charge is 0.238 e. The molecular formula is C19H21FN2O3S. The maximum absolute atomic E-state index is 13.9. The second-order valence-electron chi connectivity index (χ2n) is 6.46. The lowest BCUT2D eigenvalue weighted by Crippen LogP contribution is -2.44. The first-order chi connectivity index (χ1) is 12.3. The summed E-state index contributed by atoms with van der Waals surface area (Å²) in [6.07, 6.45) is 1.78. The second kappa shape index (κ2) is 7.55. The van der Waals surface area contributed by atoms with Gasteiger partial charge in [-0.2, -0.15) is 4.31 Å². The van der Waals surface area contributed by atoms with Gasteiger partial charge in [0.05, 0.1) is 12.8 Å². The van der Waals surface area contributed by atoms with Crippen LogP contribution < -0.4 is 0 Å². The van der Waals surface area contributed by atoms with Crippen LogP contribution in [0.25, 0.3) is 0 Å². The van der Waals surface area contributed by atoms with E-state index in [-0.39, 0.29) is 24.6 Å². The molecule has 0 radical (unpaired) electrons. The van der Waals surface area contributed by atoms with E-state index in [0.29, 0.717) is 13.1 Å². The molecule has 0 spiro atoms. The molecule has 2 aromatic carbocycles. The lowest BCUT2D eigenvalue weighted by molar-refractivity contribution is -0.132. The van der Waals surface area contributed by atoms with E-state index in [1.165, 1.54) is 17.7 Å². The maximum atomic E-state index is 13.9. The molecule has 1 aliphatic heterocycles. The molecule has 1 aliphatic rings. The topological polar surface area (TPSA) is 57.7 Å². The summed E-state index contributed by atoms with van der Waals surface area (Å²) in [6.45, 7) is 0.552. The van der Waals surface area contributed by atoms with Gasteiger partial charge in [0.25, 0.3) is 0 Å². The van der Waals surface area contributed by atoms with Gasteiger partial charge in [-0.1, -0.05) is 42.5 Å². The number of fused-ring (bicyclic) bond motifs is 1. The van der Waals surface area contributed by atoms with Crippen LogP contribution in [0.3, 0.4) is 0 Å². The molecular weight excluding hydrogens is 355 g/mol. The Kier molecular flexibility index (Phi) is 5.38. The van der Waals surface area contributed by atoms with Gasteiger partial charge >= 0.3 is 0 Å². The molecule has 1 amide bonds. The van der Waals surface area contributed by atoms with Crippen molar-refractivity contribution in [2.75, 3.05) is 19.3 Å². The average Bonchev–Trinajstić information content (AvgIpc) is 2.61. The Bertz CT molecular complexity index is 915. The summed E-state index contributed by atoms with van der Waals surface area (Å²) >= 11 is 0. The van der Waals surface area contributed by atoms with Gasteiger partial charge in [0.15, 0.2) is 0 Å². The molecule has 0 N–H and O–H groups in total. The van der Waals surface area contributed by atoms with Crippen molar-refractivity contribution >= 4 is 15.9 Å². The molecule has 0 saturated carbocycles. The SMILES string of the molecule is CS(=O)(=O)N(CC(=O)N1CCc2ccccc2C1)Cc1ccccc1F. The number of amides is 1. The van der Waals surface area contributed by atoms with Crippen LogP contribution in [0.1, 0.15) is 16.7 Å². The molecule has 2 aromatic rings. The number of rotatable bonds is 5. The summed E-state index contributed by atoms with van der Waals surface area (Å²) in [5.41, 5.74) is 2.53. The number of hydrogen-bond donors (Lipinski definition) is 0. The molecule has 3 rings (SSSR count). The Labute approximate surface area is 153 Å². The highest BCUT2D eigenvalue weighted by Crippen LogP contribution is 2.19. The van der Waals surface area contributed by atoms with E-state index in [4.69, 9.17) is 0 Å². The Morgan fingerprint density at radius 3 is 2.46 bits per heavy atom. The Hall–Kier alpha value is -2.25. The van der Waals surface area contributed by atoms with E-state index in [2.05, 4.69) is 0 Å². The quantitative estimate of drug-likeness (QED) is 0.804. The van der Waals surface area contributed by atoms with Crippen LogP contribution in [-0.2, 0) is 34.3 Å². The van der Waals surface area contributed by atoms with Gasteiger partial charge in [0.1, 0.15) is 5.82 Å². The zero-order chi connectivity index (χ0) is 18.7. The first-order valence-corrected chi connectivity index (χ1v) is 10.2. The molecule has 0 aliphatic carbocycles. The van der Waals surface area contributed by atoms with Crippen molar-refractivity contribution in [3.63, 3.8) is 0 Å². The standard InChI is InChI=1S/C19H21FN2O3S/c1-26(24,25)22(13-17-8-4-5-9-18(17)20)14-19(23)21-11-10-15-6-2-3-7-16(15)12-21/h2-9H,10-14H2,1H3. The van der Waals surface area contributed by atoms with Gasteiger partial charge in [0, 0.05) is 25.2 Å². The fourth-order valence-corrected chi connectivity index (χ4v) is 3.79. The Morgan fingerprint density at radius 1 is 1.12 bits per heavy atom. The van der Waals surface area contributed by atoms with Crippen LogP contribution in [0.15, 0.2) is 48.5 Å². The number of nitrogens with zero attached hydrogens (tertiary/aromatic N) is 2. The number of carbonyl (C=O) groups is 1. The molecule has 26 heavy (non-hydrogen) atoms. The zero-order valence-corrected chi connectivity index (χ0v) is 15.4. The fraction of sp³-hybridized carbons (Fsp3) is 0.316. The molecule has 1 heterocycles. The first kappa shape index (κ1) is 18.5. The van der Waals surface area contributed by atoms with Gasteiger partial charge in [-0.3, -0.25) is 4.79 Å². The third-order valence-electron chi connectivity index (χ3n) is 4.57. The summed E-state index contributed by atoms with van der Waals surface area (Å²) < 4.78 is 39.1. The first-order valence-electron chi connectivity index (χ1n) is 8.37. The van der Waals surface area contributed by atoms with Crippen molar-refractivity contribution < 1.29 is 17.6 Å². The second-order valence-corrected chi connectivity index (χ2v) is 8.44. The van der Waals surface area contributed by atoms with Gasteiger partial charge in [-0.05, 0) is 23.6 Å². The van der Waals surface area contributed by atoms with Gasteiger partial charge in [0.2, 0.25) is 15.9 Å². The van der Waals surface area contributed by atoms with Crippen LogP contribution in [0.5, 0.6) is 0 Å². The van der Waals surface area contributed by atoms with Crippen molar-refractivity contribution in [2.45, 2.75) is 19.5 Å². The highest BCUT2D eigenvalue weighted by atomic mass is 32.2. The lowest BCUT2D eigenvalue weighted by Gasteiger charge is -2.30. The molecule has 0 bridgehead atoms. The van der Waals surface area contributed by atoms with E-state index < -0.39 is 15.8 Å². The minimum Gasteiger partial charge on any atom is -0.337 e. The van der Waals surface area contributed by atoms with Gasteiger partial charge < -0.3 is 4.90 Å². The number of sulfonamides is 1. The van der Waals surface area contributed by atoms with Crippen LogP contribution in [0.2, 0.25) is 0 Å². The van der Waals surface area contributed by atoms with Crippen molar-refractivity contribution in [1.82, 2.24) is 9.21 Å². The predicted molar refractivity (Wildman–Crippen MR) is 97.2 cm³/mol. The molecule has 5 nitrogen and oxygen atoms in total. The minimum atomic E-state index is -3.65. The summed E-state index contributed by atoms with van der Waals surface area (Å²) in [7, 11) is -3.65. The molecule has 138 valence electrons. The molecule has 0 saturated heterocycles. The Balaban J connectivity index is 1.73. The lowest BCUT2D eigenvalue weighted by atomic mass is 10.00. The highest BCUT2D eigenvalue weighted by molar-refractivity contribution is 7.88. The number of carbonyl (C=O) groups excluding carboxylic acids is 1. The van der Waals surface area contributed by atoms with Crippen LogP contribution in [0, 0.1) is 5.82 Å². The largest absolute Gasteiger partial charge is 0.337 e. The molecule has 0 unspecified atom stereocenters. The zero-order valence-electron chi connectivity index (χ0n) is 14.6. The predicted octanol–water partition coefficient (Wildman–Crippen LogP) is 2.17. The average molecular weight is 376 g/mol. The van der Waals surface area contributed by atoms with Crippen LogP contribution in [0.4, 0.5) is 4.39 Å². The van der Waals surface area contributed by atoms with Crippen LogP contribution in [-0.4, -0.2) is 42.9 Å². The summed E-state index contributed by atoms with van der Waals surface area (Å²) in [5, 5.41) is 0. The third-order valence-corrected chi connectivity index (χ3v) is 5.76. The number of halogens is 1. The van der Waals surface area contributed by atoms with Crippen molar-refractivity contribution in [3.05, 3.63) is 71.0 Å². The monoisotopic (exact) mass is 376 g/mol. The Morgan fingerprint density at radius 2 is 1.77 bits per heavy atom. The van der Waals surface area contributed by atoms with Gasteiger partial charge in [-0.15, -0.1) is 0 Å². The van der Waals surface area contributed by atoms with Crippen molar-refractivity contribution in [2.24, 2.45) is 0 Å². The van der Waals surface area contributed by atoms with Crippen molar-refractivity contribution in [3.8, 4) is 0 Å². The number of benzene rings is 2. The molecule has 0 aromatic heterocycles. The van der Waals surface area contributed by atoms with E-state index >= 15 is 0 Å². The van der Waals surface area contributed by atoms with E-state index in [1.807, 2.05) is 24.3 Å². The number of hydrogen-bond acceptors (Lipinski definition) is 3. The van der Waals surface area contributed by atoms with Crippen LogP contribution >= 0.6 is 0 Å². The van der Waals surface area contributed by atoms with E-state index in [0.717, 1.165) is 22.5 Å². The van der Waals surface area contributed by atoms with E-state index in [1.54, 1.807) is 17.0 Å². The summed E-state index contributed by atoms with van der Waals surface area (Å²) in [4.78, 5) is 14.3. The summed E-state index contributed by atoms with van der Waals surface area (Å²) in [5.74, 6) is -0.762. The van der Waals surface area contributed by atoms with E-state index in [9.17, 15) is 17.6 Å². The minimum absolute atomic E-state index is 0.165. The highest BCUT2D eigenvalue weighted by Gasteiger charge is 2.26.